The lowest BCUT2D eigenvalue weighted by Gasteiger charge is -2.37. The number of hydrogen-bond acceptors (Lipinski definition) is 2. The maximum atomic E-state index is 11.6. The average Bonchev–Trinajstić information content (AvgIpc) is 2.27. The van der Waals surface area contributed by atoms with Gasteiger partial charge in [0.2, 0.25) is 5.91 Å². The lowest BCUT2D eigenvalue weighted by molar-refractivity contribution is -0.122. The van der Waals surface area contributed by atoms with Gasteiger partial charge in [-0.25, -0.2) is 0 Å². The molecule has 1 atom stereocenters. The predicted molar refractivity (Wildman–Crippen MR) is 71.6 cm³/mol. The molecule has 3 N–H and O–H groups in total. The molecule has 0 aromatic carbocycles. The average molecular weight is 240 g/mol. The molecule has 3 heteroatoms. The van der Waals surface area contributed by atoms with Crippen LogP contribution in [-0.4, -0.2) is 18.5 Å². The first-order valence-corrected chi connectivity index (χ1v) is 6.94. The summed E-state index contributed by atoms with van der Waals surface area (Å²) in [6.45, 7) is 7.19. The van der Waals surface area contributed by atoms with Gasteiger partial charge < -0.3 is 11.1 Å². The molecular weight excluding hydrogens is 212 g/mol. The lowest BCUT2D eigenvalue weighted by atomic mass is 9.71. The highest BCUT2D eigenvalue weighted by atomic mass is 16.1. The second-order valence-corrected chi connectivity index (χ2v) is 6.28. The number of carbonyl (C=O) groups is 1. The van der Waals surface area contributed by atoms with Crippen molar-refractivity contribution in [1.82, 2.24) is 5.32 Å². The van der Waals surface area contributed by atoms with E-state index >= 15 is 0 Å². The van der Waals surface area contributed by atoms with Crippen LogP contribution in [0.25, 0.3) is 0 Å². The van der Waals surface area contributed by atoms with Gasteiger partial charge in [0.05, 0.1) is 0 Å². The number of nitrogens with one attached hydrogen (secondary N) is 1. The summed E-state index contributed by atoms with van der Waals surface area (Å²) in [5.74, 6) is 0.843. The van der Waals surface area contributed by atoms with Gasteiger partial charge in [-0.05, 0) is 31.1 Å². The molecule has 0 aliphatic heterocycles. The smallest absolute Gasteiger partial charge is 0.221 e. The van der Waals surface area contributed by atoms with Crippen LogP contribution in [0.5, 0.6) is 0 Å². The third-order valence-corrected chi connectivity index (χ3v) is 3.96. The van der Waals surface area contributed by atoms with E-state index in [-0.39, 0.29) is 17.4 Å². The second kappa shape index (κ2) is 6.39. The highest BCUT2D eigenvalue weighted by Crippen LogP contribution is 2.37. The van der Waals surface area contributed by atoms with Crippen LogP contribution < -0.4 is 11.1 Å². The van der Waals surface area contributed by atoms with Crippen molar-refractivity contribution >= 4 is 5.91 Å². The number of amides is 1. The van der Waals surface area contributed by atoms with E-state index in [1.165, 1.54) is 32.1 Å². The van der Waals surface area contributed by atoms with E-state index in [4.69, 9.17) is 5.73 Å². The fourth-order valence-corrected chi connectivity index (χ4v) is 2.72. The van der Waals surface area contributed by atoms with Crippen LogP contribution in [0.4, 0.5) is 0 Å². The summed E-state index contributed by atoms with van der Waals surface area (Å²) in [6.07, 6.45) is 7.14. The number of carbonyl (C=O) groups excluding carboxylic acids is 1. The first-order valence-electron chi connectivity index (χ1n) is 6.94. The molecular formula is C14H28N2O. The highest BCUT2D eigenvalue weighted by molar-refractivity contribution is 5.76. The van der Waals surface area contributed by atoms with Gasteiger partial charge in [0.25, 0.3) is 0 Å². The van der Waals surface area contributed by atoms with Crippen LogP contribution in [0.3, 0.4) is 0 Å². The molecule has 1 fully saturated rings. The molecule has 1 unspecified atom stereocenters. The van der Waals surface area contributed by atoms with Crippen LogP contribution in [0.15, 0.2) is 0 Å². The Kier molecular flexibility index (Phi) is 5.44. The van der Waals surface area contributed by atoms with E-state index in [2.05, 4.69) is 19.2 Å². The Bertz CT molecular complexity index is 243. The van der Waals surface area contributed by atoms with E-state index < -0.39 is 0 Å². The summed E-state index contributed by atoms with van der Waals surface area (Å²) in [5, 5.41) is 3.03. The zero-order chi connectivity index (χ0) is 12.9. The van der Waals surface area contributed by atoms with Crippen LogP contribution in [0.2, 0.25) is 0 Å². The van der Waals surface area contributed by atoms with Gasteiger partial charge in [-0.1, -0.05) is 33.1 Å². The number of nitrogens with two attached hydrogens (primary N) is 1. The third-order valence-electron chi connectivity index (χ3n) is 3.96. The van der Waals surface area contributed by atoms with Crippen molar-refractivity contribution in [3.8, 4) is 0 Å². The Balaban J connectivity index is 2.35. The van der Waals surface area contributed by atoms with Crippen molar-refractivity contribution in [2.24, 2.45) is 17.1 Å². The van der Waals surface area contributed by atoms with Crippen molar-refractivity contribution in [2.45, 2.75) is 65.3 Å². The Morgan fingerprint density at radius 1 is 1.35 bits per heavy atom. The molecule has 1 aliphatic carbocycles. The standard InChI is InChI=1S/C14H28N2O/c1-11(15)9-13(17)16-10-14(2,3)12-7-5-4-6-8-12/h11-12H,4-10,15H2,1-3H3,(H,16,17). The topological polar surface area (TPSA) is 55.1 Å². The lowest BCUT2D eigenvalue weighted by Crippen LogP contribution is -2.40. The zero-order valence-corrected chi connectivity index (χ0v) is 11.6. The first-order chi connectivity index (χ1) is 7.92. The van der Waals surface area contributed by atoms with E-state index in [0.717, 1.165) is 12.5 Å². The summed E-state index contributed by atoms with van der Waals surface area (Å²) >= 11 is 0. The van der Waals surface area contributed by atoms with E-state index in [9.17, 15) is 4.79 Å². The number of rotatable bonds is 5. The molecule has 0 spiro atoms. The molecule has 0 aromatic heterocycles. The predicted octanol–water partition coefficient (Wildman–Crippen LogP) is 2.45. The number of hydrogen-bond donors (Lipinski definition) is 2. The SMILES string of the molecule is CC(N)CC(=O)NCC(C)(C)C1CCCCC1. The largest absolute Gasteiger partial charge is 0.356 e. The minimum Gasteiger partial charge on any atom is -0.356 e. The van der Waals surface area contributed by atoms with Crippen molar-refractivity contribution in [3.63, 3.8) is 0 Å². The highest BCUT2D eigenvalue weighted by Gasteiger charge is 2.30. The Morgan fingerprint density at radius 2 is 1.94 bits per heavy atom. The van der Waals surface area contributed by atoms with Crippen LogP contribution in [-0.2, 0) is 4.79 Å². The second-order valence-electron chi connectivity index (χ2n) is 6.28. The van der Waals surface area contributed by atoms with Gasteiger partial charge in [0, 0.05) is 19.0 Å². The molecule has 17 heavy (non-hydrogen) atoms. The van der Waals surface area contributed by atoms with Gasteiger partial charge in [-0.2, -0.15) is 0 Å². The zero-order valence-electron chi connectivity index (χ0n) is 11.6. The summed E-state index contributed by atoms with van der Waals surface area (Å²) in [4.78, 5) is 11.6. The van der Waals surface area contributed by atoms with Crippen molar-refractivity contribution in [1.29, 1.82) is 0 Å². The van der Waals surface area contributed by atoms with Gasteiger partial charge in [-0.15, -0.1) is 0 Å². The first kappa shape index (κ1) is 14.5. The summed E-state index contributed by atoms with van der Waals surface area (Å²) in [6, 6.07) is -0.0483. The fraction of sp³-hybridized carbons (Fsp3) is 0.929. The molecule has 100 valence electrons. The molecule has 0 bridgehead atoms. The Labute approximate surface area is 106 Å². The summed E-state index contributed by atoms with van der Waals surface area (Å²) < 4.78 is 0. The summed E-state index contributed by atoms with van der Waals surface area (Å²) in [5.41, 5.74) is 5.83. The van der Waals surface area contributed by atoms with Crippen LogP contribution >= 0.6 is 0 Å². The fourth-order valence-electron chi connectivity index (χ4n) is 2.72. The summed E-state index contributed by atoms with van der Waals surface area (Å²) in [7, 11) is 0. The molecule has 1 aliphatic rings. The van der Waals surface area contributed by atoms with Crippen LogP contribution in [0, 0.1) is 11.3 Å². The van der Waals surface area contributed by atoms with Crippen molar-refractivity contribution < 1.29 is 4.79 Å². The quantitative estimate of drug-likeness (QED) is 0.775. The third kappa shape index (κ3) is 5.07. The van der Waals surface area contributed by atoms with Crippen molar-refractivity contribution in [2.75, 3.05) is 6.54 Å². The van der Waals surface area contributed by atoms with Gasteiger partial charge in [-0.3, -0.25) is 4.79 Å². The molecule has 3 nitrogen and oxygen atoms in total. The van der Waals surface area contributed by atoms with E-state index in [0.29, 0.717) is 6.42 Å². The van der Waals surface area contributed by atoms with Gasteiger partial charge in [0.15, 0.2) is 0 Å². The molecule has 0 radical (unpaired) electrons. The molecule has 0 aromatic rings. The maximum Gasteiger partial charge on any atom is 0.221 e. The molecule has 0 saturated heterocycles. The van der Waals surface area contributed by atoms with Gasteiger partial charge in [0.1, 0.15) is 0 Å². The van der Waals surface area contributed by atoms with E-state index in [1.807, 2.05) is 6.92 Å². The Hall–Kier alpha value is -0.570. The molecule has 0 heterocycles. The molecule has 1 amide bonds. The minimum atomic E-state index is -0.0483. The molecule has 1 rings (SSSR count). The monoisotopic (exact) mass is 240 g/mol. The normalized spacial score (nSPS) is 20.0. The minimum absolute atomic E-state index is 0.0483. The Morgan fingerprint density at radius 3 is 2.47 bits per heavy atom. The van der Waals surface area contributed by atoms with E-state index in [1.54, 1.807) is 0 Å². The van der Waals surface area contributed by atoms with Crippen LogP contribution in [0.1, 0.15) is 59.3 Å². The maximum absolute atomic E-state index is 11.6. The van der Waals surface area contributed by atoms with Gasteiger partial charge >= 0.3 is 0 Å². The molecule has 1 saturated carbocycles. The van der Waals surface area contributed by atoms with Crippen molar-refractivity contribution in [3.05, 3.63) is 0 Å².